The van der Waals surface area contributed by atoms with Crippen LogP contribution >= 0.6 is 15.9 Å². The van der Waals surface area contributed by atoms with Crippen LogP contribution in [0.5, 0.6) is 0 Å². The number of hydrogen-bond donors (Lipinski definition) is 0. The summed E-state index contributed by atoms with van der Waals surface area (Å²) >= 11 is 3.17. The summed E-state index contributed by atoms with van der Waals surface area (Å²) in [4.78, 5) is 3.52. The number of aryl methyl sites for hydroxylation is 1. The number of alkyl halides is 3. The molecule has 15 heavy (non-hydrogen) atoms. The molecule has 0 bridgehead atoms. The number of rotatable bonds is 1. The SMILES string of the molecule is CC(=Nc1ccc(C)cc1Br)C(F)(F)F. The second kappa shape index (κ2) is 4.35. The molecule has 0 aliphatic carbocycles. The molecular formula is C10H9BrF3N. The molecule has 0 amide bonds. The van der Waals surface area contributed by atoms with Gasteiger partial charge in [-0.25, -0.2) is 4.99 Å². The molecule has 0 heterocycles. The molecule has 0 atom stereocenters. The second-order valence-corrected chi connectivity index (χ2v) is 4.00. The van der Waals surface area contributed by atoms with Crippen molar-refractivity contribution in [1.29, 1.82) is 0 Å². The maximum atomic E-state index is 12.2. The van der Waals surface area contributed by atoms with Gasteiger partial charge in [-0.05, 0) is 47.5 Å². The predicted molar refractivity (Wildman–Crippen MR) is 57.7 cm³/mol. The van der Waals surface area contributed by atoms with Gasteiger partial charge in [0.2, 0.25) is 0 Å². The molecule has 82 valence electrons. The van der Waals surface area contributed by atoms with E-state index in [0.717, 1.165) is 12.5 Å². The van der Waals surface area contributed by atoms with Gasteiger partial charge in [0.15, 0.2) is 0 Å². The number of nitrogens with zero attached hydrogens (tertiary/aromatic N) is 1. The van der Waals surface area contributed by atoms with Crippen LogP contribution in [0.1, 0.15) is 12.5 Å². The van der Waals surface area contributed by atoms with E-state index in [1.807, 2.05) is 6.92 Å². The Kier molecular flexibility index (Phi) is 3.54. The Morgan fingerprint density at radius 2 is 1.93 bits per heavy atom. The Balaban J connectivity index is 3.09. The lowest BCUT2D eigenvalue weighted by molar-refractivity contribution is -0.0591. The zero-order valence-electron chi connectivity index (χ0n) is 8.19. The van der Waals surface area contributed by atoms with Crippen molar-refractivity contribution in [3.05, 3.63) is 28.2 Å². The Hall–Kier alpha value is -0.840. The monoisotopic (exact) mass is 279 g/mol. The lowest BCUT2D eigenvalue weighted by atomic mass is 10.2. The van der Waals surface area contributed by atoms with Crippen LogP contribution in [0.4, 0.5) is 18.9 Å². The molecule has 5 heteroatoms. The average Bonchev–Trinajstić information content (AvgIpc) is 2.08. The van der Waals surface area contributed by atoms with Crippen molar-refractivity contribution in [3.63, 3.8) is 0 Å². The highest BCUT2D eigenvalue weighted by Gasteiger charge is 2.31. The van der Waals surface area contributed by atoms with E-state index in [-0.39, 0.29) is 5.69 Å². The maximum absolute atomic E-state index is 12.2. The minimum absolute atomic E-state index is 0.287. The summed E-state index contributed by atoms with van der Waals surface area (Å²) in [5.41, 5.74) is 0.396. The molecule has 0 radical (unpaired) electrons. The van der Waals surface area contributed by atoms with Gasteiger partial charge in [-0.3, -0.25) is 0 Å². The topological polar surface area (TPSA) is 12.4 Å². The van der Waals surface area contributed by atoms with Crippen LogP contribution in [-0.4, -0.2) is 11.9 Å². The van der Waals surface area contributed by atoms with Crippen LogP contribution in [0.2, 0.25) is 0 Å². The van der Waals surface area contributed by atoms with E-state index in [1.165, 1.54) is 0 Å². The van der Waals surface area contributed by atoms with E-state index in [4.69, 9.17) is 0 Å². The molecule has 0 aliphatic heterocycles. The fourth-order valence-corrected chi connectivity index (χ4v) is 1.53. The van der Waals surface area contributed by atoms with E-state index in [9.17, 15) is 13.2 Å². The average molecular weight is 280 g/mol. The summed E-state index contributed by atoms with van der Waals surface area (Å²) in [5.74, 6) is 0. The van der Waals surface area contributed by atoms with Crippen LogP contribution in [0.15, 0.2) is 27.7 Å². The lowest BCUT2D eigenvalue weighted by Gasteiger charge is -2.06. The molecule has 0 unspecified atom stereocenters. The second-order valence-electron chi connectivity index (χ2n) is 3.15. The molecule has 0 fully saturated rings. The summed E-state index contributed by atoms with van der Waals surface area (Å²) in [6.45, 7) is 2.81. The van der Waals surface area contributed by atoms with Crippen molar-refractivity contribution >= 4 is 27.3 Å². The quantitative estimate of drug-likeness (QED) is 0.675. The molecule has 0 saturated heterocycles. The predicted octanol–water partition coefficient (Wildman–Crippen LogP) is 4.41. The van der Waals surface area contributed by atoms with Crippen LogP contribution in [0.25, 0.3) is 0 Å². The van der Waals surface area contributed by atoms with Crippen molar-refractivity contribution in [2.75, 3.05) is 0 Å². The van der Waals surface area contributed by atoms with Gasteiger partial charge < -0.3 is 0 Å². The smallest absolute Gasteiger partial charge is 0.248 e. The standard InChI is InChI=1S/C10H9BrF3N/c1-6-3-4-9(8(11)5-6)15-7(2)10(12,13)14/h3-5H,1-2H3. The first-order valence-electron chi connectivity index (χ1n) is 4.19. The molecule has 0 aliphatic rings. The van der Waals surface area contributed by atoms with Gasteiger partial charge in [0.05, 0.1) is 5.69 Å². The fraction of sp³-hybridized carbons (Fsp3) is 0.300. The molecule has 1 rings (SSSR count). The normalized spacial score (nSPS) is 13.1. The van der Waals surface area contributed by atoms with Gasteiger partial charge in [-0.1, -0.05) is 6.07 Å². The summed E-state index contributed by atoms with van der Waals surface area (Å²) in [7, 11) is 0. The van der Waals surface area contributed by atoms with Crippen LogP contribution in [0.3, 0.4) is 0 Å². The third-order valence-electron chi connectivity index (χ3n) is 1.80. The number of benzene rings is 1. The Bertz CT molecular complexity index is 396. The van der Waals surface area contributed by atoms with E-state index >= 15 is 0 Å². The highest BCUT2D eigenvalue weighted by Crippen LogP contribution is 2.28. The van der Waals surface area contributed by atoms with E-state index < -0.39 is 11.9 Å². The first-order valence-corrected chi connectivity index (χ1v) is 4.98. The summed E-state index contributed by atoms with van der Waals surface area (Å²) < 4.78 is 37.2. The van der Waals surface area contributed by atoms with Crippen molar-refractivity contribution in [2.24, 2.45) is 4.99 Å². The zero-order valence-corrected chi connectivity index (χ0v) is 9.78. The van der Waals surface area contributed by atoms with Gasteiger partial charge in [-0.15, -0.1) is 0 Å². The third kappa shape index (κ3) is 3.34. The van der Waals surface area contributed by atoms with Crippen LogP contribution < -0.4 is 0 Å². The first-order chi connectivity index (χ1) is 6.80. The minimum atomic E-state index is -4.37. The molecule has 0 N–H and O–H groups in total. The van der Waals surface area contributed by atoms with Crippen molar-refractivity contribution < 1.29 is 13.2 Å². The molecule has 1 nitrogen and oxygen atoms in total. The Morgan fingerprint density at radius 1 is 1.33 bits per heavy atom. The van der Waals surface area contributed by atoms with E-state index in [2.05, 4.69) is 20.9 Å². The highest BCUT2D eigenvalue weighted by atomic mass is 79.9. The van der Waals surface area contributed by atoms with Gasteiger partial charge in [0, 0.05) is 4.47 Å². The number of halogens is 4. The molecule has 1 aromatic rings. The number of aliphatic imine (C=N–C) groups is 1. The zero-order chi connectivity index (χ0) is 11.6. The van der Waals surface area contributed by atoms with Gasteiger partial charge in [0.1, 0.15) is 5.71 Å². The molecule has 0 saturated carbocycles. The maximum Gasteiger partial charge on any atom is 0.429 e. The van der Waals surface area contributed by atoms with Crippen molar-refractivity contribution in [1.82, 2.24) is 0 Å². The molecule has 1 aromatic carbocycles. The highest BCUT2D eigenvalue weighted by molar-refractivity contribution is 9.10. The van der Waals surface area contributed by atoms with E-state index in [1.54, 1.807) is 18.2 Å². The Labute approximate surface area is 94.2 Å². The third-order valence-corrected chi connectivity index (χ3v) is 2.44. The molecular weight excluding hydrogens is 271 g/mol. The molecule has 0 aromatic heterocycles. The van der Waals surface area contributed by atoms with Crippen molar-refractivity contribution in [2.45, 2.75) is 20.0 Å². The fourth-order valence-electron chi connectivity index (χ4n) is 0.947. The number of hydrogen-bond acceptors (Lipinski definition) is 1. The van der Waals surface area contributed by atoms with E-state index in [0.29, 0.717) is 4.47 Å². The summed E-state index contributed by atoms with van der Waals surface area (Å²) in [6.07, 6.45) is -4.37. The van der Waals surface area contributed by atoms with Gasteiger partial charge >= 0.3 is 6.18 Å². The largest absolute Gasteiger partial charge is 0.429 e. The minimum Gasteiger partial charge on any atom is -0.248 e. The van der Waals surface area contributed by atoms with Crippen molar-refractivity contribution in [3.8, 4) is 0 Å². The van der Waals surface area contributed by atoms with Crippen LogP contribution in [-0.2, 0) is 0 Å². The lowest BCUT2D eigenvalue weighted by Crippen LogP contribution is -2.18. The van der Waals surface area contributed by atoms with Crippen LogP contribution in [0, 0.1) is 6.92 Å². The Morgan fingerprint density at radius 3 is 2.40 bits per heavy atom. The molecule has 0 spiro atoms. The van der Waals surface area contributed by atoms with Gasteiger partial charge in [-0.2, -0.15) is 13.2 Å². The summed E-state index contributed by atoms with van der Waals surface area (Å²) in [6, 6.07) is 4.99. The van der Waals surface area contributed by atoms with Gasteiger partial charge in [0.25, 0.3) is 0 Å². The summed E-state index contributed by atoms with van der Waals surface area (Å²) in [5, 5.41) is 0. The first kappa shape index (κ1) is 12.2.